The lowest BCUT2D eigenvalue weighted by Crippen LogP contribution is -2.43. The lowest BCUT2D eigenvalue weighted by atomic mass is 10.1. The van der Waals surface area contributed by atoms with Gasteiger partial charge in [0, 0.05) is 45.8 Å². The molecule has 3 rings (SSSR count). The molecule has 2 heterocycles. The molecule has 2 fully saturated rings. The van der Waals surface area contributed by atoms with Gasteiger partial charge in [-0.15, -0.1) is 37.2 Å². The van der Waals surface area contributed by atoms with E-state index in [9.17, 15) is 4.79 Å². The molecule has 1 aromatic rings. The molecule has 0 saturated carbocycles. The molecule has 0 aromatic heterocycles. The third-order valence-corrected chi connectivity index (χ3v) is 4.92. The van der Waals surface area contributed by atoms with Crippen molar-refractivity contribution >= 4 is 43.1 Å². The number of nitrogens with one attached hydrogen (secondary N) is 2. The van der Waals surface area contributed by atoms with Crippen LogP contribution in [0.15, 0.2) is 24.3 Å². The van der Waals surface area contributed by atoms with Gasteiger partial charge in [-0.05, 0) is 31.1 Å². The Labute approximate surface area is 175 Å². The molecule has 1 aromatic carbocycles. The van der Waals surface area contributed by atoms with Crippen LogP contribution >= 0.6 is 37.2 Å². The summed E-state index contributed by atoms with van der Waals surface area (Å²) in [6.45, 7) is 8.01. The van der Waals surface area contributed by atoms with E-state index in [-0.39, 0.29) is 49.0 Å². The third kappa shape index (κ3) is 7.59. The Bertz CT molecular complexity index is 516. The minimum atomic E-state index is 0. The first-order valence-corrected chi connectivity index (χ1v) is 8.68. The predicted octanol–water partition coefficient (Wildman–Crippen LogP) is 1.93. The summed E-state index contributed by atoms with van der Waals surface area (Å²) in [4.78, 5) is 16.9. The number of carbonyl (C=O) groups excluding carboxylic acids is 1. The van der Waals surface area contributed by atoms with Gasteiger partial charge >= 0.3 is 0 Å². The summed E-state index contributed by atoms with van der Waals surface area (Å²) in [6, 6.07) is 8.66. The van der Waals surface area contributed by atoms with Crippen molar-refractivity contribution in [3.8, 4) is 0 Å². The topological polar surface area (TPSA) is 47.6 Å². The molecule has 1 atom stereocenters. The van der Waals surface area contributed by atoms with E-state index in [1.54, 1.807) is 0 Å². The Morgan fingerprint density at radius 3 is 2.27 bits per heavy atom. The molecule has 0 radical (unpaired) electrons. The minimum Gasteiger partial charge on any atom is -0.352 e. The number of hydrogen-bond donors (Lipinski definition) is 2. The zero-order valence-electron chi connectivity index (χ0n) is 15.3. The molecule has 0 bridgehead atoms. The van der Waals surface area contributed by atoms with Crippen molar-refractivity contribution in [2.24, 2.45) is 5.92 Å². The average molecular weight is 426 g/mol. The van der Waals surface area contributed by atoms with Crippen LogP contribution in [0.1, 0.15) is 17.5 Å². The van der Waals surface area contributed by atoms with E-state index in [2.05, 4.69) is 51.7 Å². The fraction of sp³-hybridized carbons (Fsp3) is 0.611. The van der Waals surface area contributed by atoms with Crippen molar-refractivity contribution in [2.75, 3.05) is 46.3 Å². The SMILES string of the molecule is CN1CCN(Cc2ccc(CNC(=O)C3CCNC3)cc2)CC1.Cl.Cl.Cl. The Morgan fingerprint density at radius 1 is 1.08 bits per heavy atom. The second-order valence-electron chi connectivity index (χ2n) is 6.80. The zero-order valence-corrected chi connectivity index (χ0v) is 17.7. The van der Waals surface area contributed by atoms with Gasteiger partial charge in [-0.1, -0.05) is 24.3 Å². The number of amides is 1. The summed E-state index contributed by atoms with van der Waals surface area (Å²) in [5, 5.41) is 6.28. The first-order valence-electron chi connectivity index (χ1n) is 8.68. The Kier molecular flexibility index (Phi) is 12.5. The van der Waals surface area contributed by atoms with Gasteiger partial charge in [0.2, 0.25) is 5.91 Å². The molecule has 5 nitrogen and oxygen atoms in total. The lowest BCUT2D eigenvalue weighted by Gasteiger charge is -2.32. The fourth-order valence-electron chi connectivity index (χ4n) is 3.24. The summed E-state index contributed by atoms with van der Waals surface area (Å²) in [7, 11) is 2.18. The maximum atomic E-state index is 12.0. The van der Waals surface area contributed by atoms with Crippen LogP contribution in [0.2, 0.25) is 0 Å². The Hall–Kier alpha value is -0.560. The van der Waals surface area contributed by atoms with E-state index < -0.39 is 0 Å². The smallest absolute Gasteiger partial charge is 0.224 e. The maximum absolute atomic E-state index is 12.0. The third-order valence-electron chi connectivity index (χ3n) is 4.92. The van der Waals surface area contributed by atoms with Crippen molar-refractivity contribution in [1.29, 1.82) is 0 Å². The number of piperazine rings is 1. The summed E-state index contributed by atoms with van der Waals surface area (Å²) >= 11 is 0. The van der Waals surface area contributed by atoms with Crippen molar-refractivity contribution in [1.82, 2.24) is 20.4 Å². The van der Waals surface area contributed by atoms with Gasteiger partial charge in [0.05, 0.1) is 5.92 Å². The van der Waals surface area contributed by atoms with Gasteiger partial charge < -0.3 is 15.5 Å². The van der Waals surface area contributed by atoms with Crippen molar-refractivity contribution in [3.63, 3.8) is 0 Å². The largest absolute Gasteiger partial charge is 0.352 e. The standard InChI is InChI=1S/C18H28N4O.3ClH/c1-21-8-10-22(11-9-21)14-16-4-2-15(3-5-16)12-20-18(23)17-6-7-19-13-17;;;/h2-5,17,19H,6-14H2,1H3,(H,20,23);3*1H. The van der Waals surface area contributed by atoms with E-state index in [1.807, 2.05) is 0 Å². The summed E-state index contributed by atoms with van der Waals surface area (Å²) in [5.41, 5.74) is 2.52. The summed E-state index contributed by atoms with van der Waals surface area (Å²) in [6.07, 6.45) is 0.954. The van der Waals surface area contributed by atoms with Gasteiger partial charge in [-0.3, -0.25) is 9.69 Å². The van der Waals surface area contributed by atoms with Crippen molar-refractivity contribution in [2.45, 2.75) is 19.5 Å². The monoisotopic (exact) mass is 424 g/mol. The maximum Gasteiger partial charge on any atom is 0.224 e. The van der Waals surface area contributed by atoms with Crippen molar-refractivity contribution < 1.29 is 4.79 Å². The second-order valence-corrected chi connectivity index (χ2v) is 6.80. The molecular formula is C18H31Cl3N4O. The first kappa shape index (κ1) is 25.4. The van der Waals surface area contributed by atoms with Gasteiger partial charge in [0.1, 0.15) is 0 Å². The van der Waals surface area contributed by atoms with E-state index in [0.717, 1.165) is 52.2 Å². The molecule has 0 spiro atoms. The van der Waals surface area contributed by atoms with Crippen LogP contribution in [0.3, 0.4) is 0 Å². The van der Waals surface area contributed by atoms with Crippen LogP contribution in [0.25, 0.3) is 0 Å². The van der Waals surface area contributed by atoms with E-state index >= 15 is 0 Å². The number of likely N-dealkylation sites (N-methyl/N-ethyl adjacent to an activating group) is 1. The van der Waals surface area contributed by atoms with Crippen LogP contribution in [0.4, 0.5) is 0 Å². The lowest BCUT2D eigenvalue weighted by molar-refractivity contribution is -0.124. The normalized spacial score (nSPS) is 20.4. The van der Waals surface area contributed by atoms with Gasteiger partial charge in [-0.2, -0.15) is 0 Å². The highest BCUT2D eigenvalue weighted by Gasteiger charge is 2.21. The quantitative estimate of drug-likeness (QED) is 0.757. The Morgan fingerprint density at radius 2 is 1.69 bits per heavy atom. The highest BCUT2D eigenvalue weighted by atomic mass is 35.5. The molecule has 2 aliphatic rings. The fourth-order valence-corrected chi connectivity index (χ4v) is 3.24. The predicted molar refractivity (Wildman–Crippen MR) is 114 cm³/mol. The molecule has 8 heteroatoms. The van der Waals surface area contributed by atoms with Crippen LogP contribution in [0, 0.1) is 5.92 Å². The summed E-state index contributed by atoms with van der Waals surface area (Å²) < 4.78 is 0. The van der Waals surface area contributed by atoms with Gasteiger partial charge in [-0.25, -0.2) is 0 Å². The summed E-state index contributed by atoms with van der Waals surface area (Å²) in [5.74, 6) is 0.322. The zero-order chi connectivity index (χ0) is 16.1. The molecular weight excluding hydrogens is 395 g/mol. The van der Waals surface area contributed by atoms with E-state index in [1.165, 1.54) is 11.1 Å². The van der Waals surface area contributed by atoms with Gasteiger partial charge in [0.15, 0.2) is 0 Å². The molecule has 26 heavy (non-hydrogen) atoms. The molecule has 2 aliphatic heterocycles. The molecule has 2 N–H and O–H groups in total. The van der Waals surface area contributed by atoms with Crippen LogP contribution in [-0.4, -0.2) is 62.0 Å². The highest BCUT2D eigenvalue weighted by molar-refractivity contribution is 5.86. The molecule has 1 unspecified atom stereocenters. The average Bonchev–Trinajstić information content (AvgIpc) is 3.11. The van der Waals surface area contributed by atoms with Crippen LogP contribution in [-0.2, 0) is 17.9 Å². The highest BCUT2D eigenvalue weighted by Crippen LogP contribution is 2.11. The molecule has 2 saturated heterocycles. The Balaban J connectivity index is 0.00000208. The molecule has 1 amide bonds. The number of hydrogen-bond acceptors (Lipinski definition) is 4. The van der Waals surface area contributed by atoms with Crippen molar-refractivity contribution in [3.05, 3.63) is 35.4 Å². The van der Waals surface area contributed by atoms with Gasteiger partial charge in [0.25, 0.3) is 0 Å². The van der Waals surface area contributed by atoms with Crippen LogP contribution in [0.5, 0.6) is 0 Å². The van der Waals surface area contributed by atoms with Crippen LogP contribution < -0.4 is 10.6 Å². The second kappa shape index (κ2) is 12.8. The first-order chi connectivity index (χ1) is 11.2. The van der Waals surface area contributed by atoms with E-state index in [4.69, 9.17) is 0 Å². The van der Waals surface area contributed by atoms with E-state index in [0.29, 0.717) is 6.54 Å². The number of rotatable bonds is 5. The number of halogens is 3. The number of benzene rings is 1. The number of carbonyl (C=O) groups is 1. The molecule has 150 valence electrons. The number of nitrogens with zero attached hydrogens (tertiary/aromatic N) is 2. The minimum absolute atomic E-state index is 0. The molecule has 0 aliphatic carbocycles.